The Labute approximate surface area is 190 Å². The van der Waals surface area contributed by atoms with Crippen LogP contribution in [0.4, 0.5) is 5.69 Å². The van der Waals surface area contributed by atoms with E-state index in [-0.39, 0.29) is 11.8 Å². The molecule has 0 aliphatic heterocycles. The summed E-state index contributed by atoms with van der Waals surface area (Å²) in [6.45, 7) is 5.32. The number of anilines is 1. The molecule has 0 bridgehead atoms. The van der Waals surface area contributed by atoms with E-state index in [0.29, 0.717) is 35.9 Å². The largest absolute Gasteiger partial charge is 0.493 e. The van der Waals surface area contributed by atoms with Crippen LogP contribution in [0, 0.1) is 5.92 Å². The third-order valence-corrected chi connectivity index (χ3v) is 5.04. The number of nitrogens with one attached hydrogen (secondary N) is 1. The van der Waals surface area contributed by atoms with Gasteiger partial charge in [0.25, 0.3) is 11.8 Å². The number of carbonyl (C=O) groups excluding carboxylic acids is 2. The quantitative estimate of drug-likeness (QED) is 0.521. The third kappa shape index (κ3) is 6.20. The molecule has 0 spiro atoms. The van der Waals surface area contributed by atoms with Gasteiger partial charge in [0.05, 0.1) is 17.9 Å². The van der Waals surface area contributed by atoms with Gasteiger partial charge in [-0.15, -0.1) is 0 Å². The maximum atomic E-state index is 13.0. The number of amides is 2. The molecule has 1 N–H and O–H groups in total. The van der Waals surface area contributed by atoms with Crippen molar-refractivity contribution in [3.05, 3.63) is 95.6 Å². The van der Waals surface area contributed by atoms with Crippen molar-refractivity contribution in [1.29, 1.82) is 0 Å². The molecule has 3 rings (SSSR count). The normalized spacial score (nSPS) is 10.6. The molecule has 0 saturated carbocycles. The van der Waals surface area contributed by atoms with Gasteiger partial charge in [0.2, 0.25) is 0 Å². The van der Waals surface area contributed by atoms with Crippen LogP contribution in [0.2, 0.25) is 0 Å². The summed E-state index contributed by atoms with van der Waals surface area (Å²) < 4.78 is 5.69. The van der Waals surface area contributed by atoms with Crippen LogP contribution in [-0.2, 0) is 6.42 Å². The highest BCUT2D eigenvalue weighted by Gasteiger charge is 2.19. The Morgan fingerprint density at radius 3 is 2.25 bits per heavy atom. The van der Waals surface area contributed by atoms with E-state index in [1.807, 2.05) is 36.4 Å². The van der Waals surface area contributed by atoms with E-state index in [0.717, 1.165) is 17.7 Å². The Kier molecular flexibility index (Phi) is 8.03. The number of rotatable bonds is 9. The first-order chi connectivity index (χ1) is 15.5. The van der Waals surface area contributed by atoms with E-state index in [4.69, 9.17) is 4.74 Å². The summed E-state index contributed by atoms with van der Waals surface area (Å²) in [5.41, 5.74) is 2.72. The van der Waals surface area contributed by atoms with Gasteiger partial charge >= 0.3 is 0 Å². The lowest BCUT2D eigenvalue weighted by molar-refractivity contribution is 0.0954. The molecular weight excluding hydrogens is 400 g/mol. The minimum absolute atomic E-state index is 0.190. The van der Waals surface area contributed by atoms with E-state index in [1.54, 1.807) is 49.5 Å². The standard InChI is InChI=1S/C27H30N2O3/c1-20(2)19-32-23-15-13-22(14-16-23)27(31)29(3)25-12-8-7-11-24(25)26(30)28-18-17-21-9-5-4-6-10-21/h4-16,20H,17-19H2,1-3H3,(H,28,30). The van der Waals surface area contributed by atoms with Gasteiger partial charge in [-0.2, -0.15) is 0 Å². The molecule has 166 valence electrons. The molecule has 0 heterocycles. The molecule has 0 fully saturated rings. The topological polar surface area (TPSA) is 58.6 Å². The Morgan fingerprint density at radius 2 is 1.56 bits per heavy atom. The molecule has 0 aliphatic carbocycles. The van der Waals surface area contributed by atoms with Crippen molar-refractivity contribution < 1.29 is 14.3 Å². The smallest absolute Gasteiger partial charge is 0.258 e. The van der Waals surface area contributed by atoms with Crippen LogP contribution in [0.25, 0.3) is 0 Å². The summed E-state index contributed by atoms with van der Waals surface area (Å²) in [5, 5.41) is 2.96. The molecule has 3 aromatic rings. The van der Waals surface area contributed by atoms with Gasteiger partial charge in [-0.25, -0.2) is 0 Å². The highest BCUT2D eigenvalue weighted by molar-refractivity contribution is 6.10. The minimum Gasteiger partial charge on any atom is -0.493 e. The number of nitrogens with zero attached hydrogens (tertiary/aromatic N) is 1. The van der Waals surface area contributed by atoms with Crippen LogP contribution in [-0.4, -0.2) is 32.0 Å². The fourth-order valence-electron chi connectivity index (χ4n) is 3.28. The fraction of sp³-hybridized carbons (Fsp3) is 0.259. The molecule has 2 amide bonds. The van der Waals surface area contributed by atoms with E-state index >= 15 is 0 Å². The molecule has 0 unspecified atom stereocenters. The van der Waals surface area contributed by atoms with Crippen LogP contribution in [0.3, 0.4) is 0 Å². The summed E-state index contributed by atoms with van der Waals surface area (Å²) >= 11 is 0. The molecule has 5 heteroatoms. The fourth-order valence-corrected chi connectivity index (χ4v) is 3.28. The second-order valence-electron chi connectivity index (χ2n) is 8.10. The van der Waals surface area contributed by atoms with Crippen LogP contribution in [0.15, 0.2) is 78.9 Å². The average molecular weight is 431 g/mol. The highest BCUT2D eigenvalue weighted by atomic mass is 16.5. The summed E-state index contributed by atoms with van der Waals surface area (Å²) in [6.07, 6.45) is 0.745. The van der Waals surface area contributed by atoms with Crippen molar-refractivity contribution in [1.82, 2.24) is 5.32 Å². The van der Waals surface area contributed by atoms with E-state index in [2.05, 4.69) is 19.2 Å². The van der Waals surface area contributed by atoms with Crippen molar-refractivity contribution in [3.63, 3.8) is 0 Å². The van der Waals surface area contributed by atoms with Gasteiger partial charge in [0, 0.05) is 19.2 Å². The molecule has 32 heavy (non-hydrogen) atoms. The second-order valence-corrected chi connectivity index (χ2v) is 8.10. The maximum Gasteiger partial charge on any atom is 0.258 e. The monoisotopic (exact) mass is 430 g/mol. The first-order valence-electron chi connectivity index (χ1n) is 10.9. The van der Waals surface area contributed by atoms with Gasteiger partial charge in [0.1, 0.15) is 5.75 Å². The first kappa shape index (κ1) is 23.1. The van der Waals surface area contributed by atoms with Gasteiger partial charge in [-0.3, -0.25) is 9.59 Å². The molecule has 0 aliphatic rings. The maximum absolute atomic E-state index is 13.0. The van der Waals surface area contributed by atoms with Crippen molar-refractivity contribution in [2.75, 3.05) is 25.1 Å². The number of carbonyl (C=O) groups is 2. The first-order valence-corrected chi connectivity index (χ1v) is 10.9. The van der Waals surface area contributed by atoms with Crippen LogP contribution in [0.1, 0.15) is 40.1 Å². The number of hydrogen-bond acceptors (Lipinski definition) is 3. The Hall–Kier alpha value is -3.60. The molecule has 0 atom stereocenters. The summed E-state index contributed by atoms with van der Waals surface area (Å²) in [6, 6.07) is 24.2. The zero-order valence-corrected chi connectivity index (χ0v) is 18.9. The lowest BCUT2D eigenvalue weighted by Gasteiger charge is -2.21. The van der Waals surface area contributed by atoms with Crippen molar-refractivity contribution in [2.24, 2.45) is 5.92 Å². The Morgan fingerprint density at radius 1 is 0.906 bits per heavy atom. The van der Waals surface area contributed by atoms with E-state index in [1.165, 1.54) is 4.90 Å². The van der Waals surface area contributed by atoms with Gasteiger partial charge in [-0.05, 0) is 54.3 Å². The molecule has 3 aromatic carbocycles. The Balaban J connectivity index is 1.66. The number of para-hydroxylation sites is 1. The van der Waals surface area contributed by atoms with Gasteiger partial charge in [-0.1, -0.05) is 56.3 Å². The van der Waals surface area contributed by atoms with Crippen molar-refractivity contribution in [2.45, 2.75) is 20.3 Å². The van der Waals surface area contributed by atoms with Crippen LogP contribution < -0.4 is 15.0 Å². The second kappa shape index (κ2) is 11.1. The minimum atomic E-state index is -0.200. The van der Waals surface area contributed by atoms with E-state index < -0.39 is 0 Å². The average Bonchev–Trinajstić information content (AvgIpc) is 2.82. The summed E-state index contributed by atoms with van der Waals surface area (Å²) in [7, 11) is 1.68. The SMILES string of the molecule is CC(C)COc1ccc(C(=O)N(C)c2ccccc2C(=O)NCCc2ccccc2)cc1. The van der Waals surface area contributed by atoms with Crippen molar-refractivity contribution in [3.8, 4) is 5.75 Å². The van der Waals surface area contributed by atoms with Gasteiger partial charge < -0.3 is 15.0 Å². The highest BCUT2D eigenvalue weighted by Crippen LogP contribution is 2.22. The lowest BCUT2D eigenvalue weighted by atomic mass is 10.1. The molecule has 0 saturated heterocycles. The number of ether oxygens (including phenoxy) is 1. The van der Waals surface area contributed by atoms with Crippen LogP contribution >= 0.6 is 0 Å². The number of hydrogen-bond donors (Lipinski definition) is 1. The zero-order valence-electron chi connectivity index (χ0n) is 18.9. The van der Waals surface area contributed by atoms with Crippen LogP contribution in [0.5, 0.6) is 5.75 Å². The molecule has 0 radical (unpaired) electrons. The number of benzene rings is 3. The summed E-state index contributed by atoms with van der Waals surface area (Å²) in [5.74, 6) is 0.771. The molecule has 0 aromatic heterocycles. The van der Waals surface area contributed by atoms with Gasteiger partial charge in [0.15, 0.2) is 0 Å². The lowest BCUT2D eigenvalue weighted by Crippen LogP contribution is -2.31. The summed E-state index contributed by atoms with van der Waals surface area (Å²) in [4.78, 5) is 27.4. The predicted octanol–water partition coefficient (Wildman–Crippen LogP) is 4.97. The molecule has 5 nitrogen and oxygen atoms in total. The van der Waals surface area contributed by atoms with Crippen molar-refractivity contribution >= 4 is 17.5 Å². The molecular formula is C27H30N2O3. The Bertz CT molecular complexity index is 1030. The zero-order chi connectivity index (χ0) is 22.9. The predicted molar refractivity (Wildman–Crippen MR) is 128 cm³/mol. The third-order valence-electron chi connectivity index (χ3n) is 5.04. The van der Waals surface area contributed by atoms with E-state index in [9.17, 15) is 9.59 Å².